The molecular weight excluding hydrogens is 222 g/mol. The molecule has 0 radical (unpaired) electrons. The Kier molecular flexibility index (Phi) is 9.76. The monoisotopic (exact) mass is 257 g/mol. The van der Waals surface area contributed by atoms with Crippen LogP contribution in [0.25, 0.3) is 0 Å². The van der Waals surface area contributed by atoms with Crippen molar-refractivity contribution in [1.82, 2.24) is 5.32 Å². The van der Waals surface area contributed by atoms with Crippen LogP contribution in [0.5, 0.6) is 0 Å². The molecule has 0 saturated carbocycles. The zero-order valence-corrected chi connectivity index (χ0v) is 13.5. The first-order chi connectivity index (χ1) is 8.45. The number of nitrogens with one attached hydrogen (secondary N) is 1. The Balaban J connectivity index is 3.94. The Hall–Kier alpha value is -0.0800. The molecule has 110 valence electrons. The minimum absolute atomic E-state index is 0.419. The largest absolute Gasteiger partial charge is 0.381 e. The number of rotatable bonds is 11. The number of hydrogen-bond acceptors (Lipinski definition) is 2. The molecule has 0 spiro atoms. The van der Waals surface area contributed by atoms with Gasteiger partial charge in [0.15, 0.2) is 0 Å². The van der Waals surface area contributed by atoms with Crippen LogP contribution in [-0.2, 0) is 4.74 Å². The van der Waals surface area contributed by atoms with Crippen molar-refractivity contribution in [2.24, 2.45) is 11.3 Å². The first-order valence-electron chi connectivity index (χ1n) is 7.77. The molecule has 0 aromatic carbocycles. The van der Waals surface area contributed by atoms with Crippen LogP contribution in [0.4, 0.5) is 0 Å². The molecule has 0 rings (SSSR count). The molecule has 18 heavy (non-hydrogen) atoms. The fourth-order valence-corrected chi connectivity index (χ4v) is 2.07. The lowest BCUT2D eigenvalue weighted by Gasteiger charge is -2.33. The summed E-state index contributed by atoms with van der Waals surface area (Å²) in [6.07, 6.45) is 4.82. The van der Waals surface area contributed by atoms with Crippen molar-refractivity contribution in [3.05, 3.63) is 0 Å². The molecule has 0 bridgehead atoms. The second-order valence-electron chi connectivity index (χ2n) is 6.29. The molecule has 0 saturated heterocycles. The second-order valence-corrected chi connectivity index (χ2v) is 6.29. The van der Waals surface area contributed by atoms with Gasteiger partial charge in [-0.1, -0.05) is 41.5 Å². The minimum atomic E-state index is 0.419. The smallest absolute Gasteiger partial charge is 0.0471 e. The summed E-state index contributed by atoms with van der Waals surface area (Å²) >= 11 is 0. The van der Waals surface area contributed by atoms with E-state index in [1.54, 1.807) is 0 Å². The summed E-state index contributed by atoms with van der Waals surface area (Å²) in [5, 5.41) is 3.59. The van der Waals surface area contributed by atoms with Gasteiger partial charge in [-0.05, 0) is 37.0 Å². The topological polar surface area (TPSA) is 21.3 Å². The van der Waals surface area contributed by atoms with Crippen LogP contribution in [0, 0.1) is 11.3 Å². The van der Waals surface area contributed by atoms with Crippen molar-refractivity contribution in [2.75, 3.05) is 19.8 Å². The van der Waals surface area contributed by atoms with E-state index in [4.69, 9.17) is 4.74 Å². The molecule has 0 aliphatic carbocycles. The van der Waals surface area contributed by atoms with Gasteiger partial charge < -0.3 is 10.1 Å². The fourth-order valence-electron chi connectivity index (χ4n) is 2.07. The third-order valence-corrected chi connectivity index (χ3v) is 4.00. The van der Waals surface area contributed by atoms with E-state index in [1.165, 1.54) is 25.7 Å². The lowest BCUT2D eigenvalue weighted by molar-refractivity contribution is 0.0808. The summed E-state index contributed by atoms with van der Waals surface area (Å²) in [6, 6.07) is 0.573. The third-order valence-electron chi connectivity index (χ3n) is 4.00. The predicted molar refractivity (Wildman–Crippen MR) is 81.0 cm³/mol. The van der Waals surface area contributed by atoms with E-state index >= 15 is 0 Å². The van der Waals surface area contributed by atoms with Crippen molar-refractivity contribution in [1.29, 1.82) is 0 Å². The molecule has 0 unspecified atom stereocenters. The van der Waals surface area contributed by atoms with E-state index in [2.05, 4.69) is 46.9 Å². The van der Waals surface area contributed by atoms with Gasteiger partial charge in [0.1, 0.15) is 0 Å². The van der Waals surface area contributed by atoms with Crippen LogP contribution in [0.1, 0.15) is 67.2 Å². The quantitative estimate of drug-likeness (QED) is 0.559. The Morgan fingerprint density at radius 1 is 1.00 bits per heavy atom. The van der Waals surface area contributed by atoms with Gasteiger partial charge >= 0.3 is 0 Å². The molecule has 0 fully saturated rings. The van der Waals surface area contributed by atoms with E-state index in [0.29, 0.717) is 11.5 Å². The first kappa shape index (κ1) is 17.9. The van der Waals surface area contributed by atoms with Crippen LogP contribution < -0.4 is 5.32 Å². The molecule has 0 atom stereocenters. The lowest BCUT2D eigenvalue weighted by Crippen LogP contribution is -2.37. The summed E-state index contributed by atoms with van der Waals surface area (Å²) in [5.74, 6) is 0.745. The van der Waals surface area contributed by atoms with Gasteiger partial charge in [0.2, 0.25) is 0 Å². The summed E-state index contributed by atoms with van der Waals surface area (Å²) in [5.41, 5.74) is 0.419. The van der Waals surface area contributed by atoms with Crippen LogP contribution >= 0.6 is 0 Å². The highest BCUT2D eigenvalue weighted by Crippen LogP contribution is 2.30. The van der Waals surface area contributed by atoms with E-state index in [1.807, 2.05) is 0 Å². The van der Waals surface area contributed by atoms with Crippen LogP contribution in [-0.4, -0.2) is 25.8 Å². The molecule has 2 heteroatoms. The molecule has 0 aromatic heterocycles. The maximum absolute atomic E-state index is 5.78. The highest BCUT2D eigenvalue weighted by atomic mass is 16.5. The highest BCUT2D eigenvalue weighted by molar-refractivity contribution is 4.79. The SMILES string of the molecule is CCC(CC)(CCOCCC(C)C)CNC(C)C. The second kappa shape index (κ2) is 9.80. The third kappa shape index (κ3) is 8.10. The average molecular weight is 257 g/mol. The zero-order chi connectivity index (χ0) is 14.0. The van der Waals surface area contributed by atoms with Crippen molar-refractivity contribution in [2.45, 2.75) is 73.3 Å². The Morgan fingerprint density at radius 3 is 2.06 bits per heavy atom. The Labute approximate surface area is 115 Å². The fraction of sp³-hybridized carbons (Fsp3) is 1.00. The molecule has 0 aromatic rings. The maximum atomic E-state index is 5.78. The van der Waals surface area contributed by atoms with Gasteiger partial charge in [0.05, 0.1) is 0 Å². The average Bonchev–Trinajstić information content (AvgIpc) is 2.32. The molecule has 0 aliphatic heterocycles. The summed E-state index contributed by atoms with van der Waals surface area (Å²) in [4.78, 5) is 0. The van der Waals surface area contributed by atoms with E-state index < -0.39 is 0 Å². The summed E-state index contributed by atoms with van der Waals surface area (Å²) in [7, 11) is 0. The van der Waals surface area contributed by atoms with E-state index in [9.17, 15) is 0 Å². The van der Waals surface area contributed by atoms with E-state index in [0.717, 1.165) is 25.7 Å². The molecule has 0 aliphatic rings. The van der Waals surface area contributed by atoms with Gasteiger partial charge in [0, 0.05) is 25.8 Å². The Morgan fingerprint density at radius 2 is 1.61 bits per heavy atom. The van der Waals surface area contributed by atoms with Gasteiger partial charge in [-0.25, -0.2) is 0 Å². The Bertz CT molecular complexity index is 186. The number of ether oxygens (including phenoxy) is 1. The molecular formula is C16H35NO. The van der Waals surface area contributed by atoms with Crippen molar-refractivity contribution >= 4 is 0 Å². The zero-order valence-electron chi connectivity index (χ0n) is 13.5. The standard InChI is InChI=1S/C16H35NO/c1-7-16(8-2,13-17-15(5)6)10-12-18-11-9-14(3)4/h14-15,17H,7-13H2,1-6H3. The molecule has 1 N–H and O–H groups in total. The van der Waals surface area contributed by atoms with Crippen molar-refractivity contribution in [3.63, 3.8) is 0 Å². The molecule has 0 heterocycles. The van der Waals surface area contributed by atoms with Crippen LogP contribution in [0.3, 0.4) is 0 Å². The van der Waals surface area contributed by atoms with Gasteiger partial charge in [-0.3, -0.25) is 0 Å². The molecule has 2 nitrogen and oxygen atoms in total. The van der Waals surface area contributed by atoms with Gasteiger partial charge in [0.25, 0.3) is 0 Å². The van der Waals surface area contributed by atoms with E-state index in [-0.39, 0.29) is 0 Å². The predicted octanol–water partition coefficient (Wildman–Crippen LogP) is 4.24. The highest BCUT2D eigenvalue weighted by Gasteiger charge is 2.25. The summed E-state index contributed by atoms with van der Waals surface area (Å²) < 4.78 is 5.78. The van der Waals surface area contributed by atoms with Crippen molar-refractivity contribution in [3.8, 4) is 0 Å². The minimum Gasteiger partial charge on any atom is -0.381 e. The normalized spacial score (nSPS) is 12.7. The van der Waals surface area contributed by atoms with Crippen LogP contribution in [0.2, 0.25) is 0 Å². The molecule has 0 amide bonds. The van der Waals surface area contributed by atoms with Gasteiger partial charge in [-0.2, -0.15) is 0 Å². The van der Waals surface area contributed by atoms with Crippen molar-refractivity contribution < 1.29 is 4.74 Å². The number of hydrogen-bond donors (Lipinski definition) is 1. The first-order valence-corrected chi connectivity index (χ1v) is 7.77. The summed E-state index contributed by atoms with van der Waals surface area (Å²) in [6.45, 7) is 16.5. The van der Waals surface area contributed by atoms with Crippen LogP contribution in [0.15, 0.2) is 0 Å². The lowest BCUT2D eigenvalue weighted by atomic mass is 9.79. The maximum Gasteiger partial charge on any atom is 0.0471 e. The van der Waals surface area contributed by atoms with Gasteiger partial charge in [-0.15, -0.1) is 0 Å².